The number of aryl methyl sites for hydroxylation is 1. The Morgan fingerprint density at radius 3 is 2.76 bits per heavy atom. The first-order chi connectivity index (χ1) is 7.99. The van der Waals surface area contributed by atoms with Crippen LogP contribution in [0.4, 0.5) is 4.39 Å². The lowest BCUT2D eigenvalue weighted by Crippen LogP contribution is -1.97. The second kappa shape index (κ2) is 4.55. The number of hydrogen-bond donors (Lipinski definition) is 1. The Bertz CT molecular complexity index is 637. The van der Waals surface area contributed by atoms with Gasteiger partial charge in [0.1, 0.15) is 16.3 Å². The SMILES string of the molecule is Cc1nc(=S)c(C)c(-c2cc(F)ccc2Cl)[nH]1. The minimum absolute atomic E-state index is 0.336. The molecule has 0 saturated heterocycles. The molecule has 2 aromatic rings. The minimum Gasteiger partial charge on any atom is -0.343 e. The third kappa shape index (κ3) is 2.37. The topological polar surface area (TPSA) is 28.7 Å². The van der Waals surface area contributed by atoms with Crippen LogP contribution < -0.4 is 0 Å². The fourth-order valence-electron chi connectivity index (χ4n) is 1.60. The van der Waals surface area contributed by atoms with Gasteiger partial charge in [-0.05, 0) is 32.0 Å². The monoisotopic (exact) mass is 268 g/mol. The van der Waals surface area contributed by atoms with Crippen LogP contribution >= 0.6 is 23.8 Å². The molecule has 0 aliphatic rings. The average Bonchev–Trinajstić information content (AvgIpc) is 2.27. The van der Waals surface area contributed by atoms with Gasteiger partial charge in [0.15, 0.2) is 0 Å². The average molecular weight is 269 g/mol. The summed E-state index contributed by atoms with van der Waals surface area (Å²) < 4.78 is 13.7. The number of H-pyrrole nitrogens is 1. The zero-order valence-corrected chi connectivity index (χ0v) is 10.9. The van der Waals surface area contributed by atoms with Crippen LogP contribution in [0.1, 0.15) is 11.4 Å². The van der Waals surface area contributed by atoms with Crippen LogP contribution in [-0.2, 0) is 0 Å². The quantitative estimate of drug-likeness (QED) is 0.785. The summed E-state index contributed by atoms with van der Waals surface area (Å²) >= 11 is 11.2. The van der Waals surface area contributed by atoms with Gasteiger partial charge in [0.05, 0.1) is 10.7 Å². The van der Waals surface area contributed by atoms with Crippen LogP contribution in [0, 0.1) is 24.3 Å². The van der Waals surface area contributed by atoms with Gasteiger partial charge < -0.3 is 4.98 Å². The Balaban J connectivity index is 2.76. The number of hydrogen-bond acceptors (Lipinski definition) is 2. The Morgan fingerprint density at radius 2 is 2.06 bits per heavy atom. The number of nitrogens with one attached hydrogen (secondary N) is 1. The molecule has 1 aromatic heterocycles. The van der Waals surface area contributed by atoms with Crippen molar-refractivity contribution in [3.05, 3.63) is 45.1 Å². The lowest BCUT2D eigenvalue weighted by molar-refractivity contribution is 0.628. The van der Waals surface area contributed by atoms with Gasteiger partial charge in [0.25, 0.3) is 0 Å². The smallest absolute Gasteiger partial charge is 0.133 e. The van der Waals surface area contributed by atoms with Crippen molar-refractivity contribution in [2.75, 3.05) is 0 Å². The summed E-state index contributed by atoms with van der Waals surface area (Å²) in [7, 11) is 0. The summed E-state index contributed by atoms with van der Waals surface area (Å²) in [4.78, 5) is 7.21. The molecule has 0 fully saturated rings. The van der Waals surface area contributed by atoms with Crippen LogP contribution in [0.2, 0.25) is 5.02 Å². The first-order valence-corrected chi connectivity index (χ1v) is 5.80. The van der Waals surface area contributed by atoms with Crippen molar-refractivity contribution in [2.45, 2.75) is 13.8 Å². The zero-order chi connectivity index (χ0) is 12.6. The van der Waals surface area contributed by atoms with E-state index in [0.29, 0.717) is 26.7 Å². The lowest BCUT2D eigenvalue weighted by atomic mass is 10.1. The van der Waals surface area contributed by atoms with E-state index in [9.17, 15) is 4.39 Å². The maximum atomic E-state index is 13.3. The van der Waals surface area contributed by atoms with Gasteiger partial charge in [-0.1, -0.05) is 23.8 Å². The molecule has 1 aromatic carbocycles. The van der Waals surface area contributed by atoms with Crippen LogP contribution in [0.5, 0.6) is 0 Å². The largest absolute Gasteiger partial charge is 0.343 e. The molecule has 0 saturated carbocycles. The highest BCUT2D eigenvalue weighted by atomic mass is 35.5. The molecule has 0 aliphatic heterocycles. The molecule has 0 radical (unpaired) electrons. The highest BCUT2D eigenvalue weighted by Crippen LogP contribution is 2.29. The standard InChI is InChI=1S/C12H10ClFN2S/c1-6-11(15-7(2)16-12(6)17)9-5-8(14)3-4-10(9)13/h3-5H,1-2H3,(H,15,16,17). The summed E-state index contributed by atoms with van der Waals surface area (Å²) in [5.74, 6) is 0.341. The molecule has 5 heteroatoms. The Hall–Kier alpha value is -1.26. The zero-order valence-electron chi connectivity index (χ0n) is 9.34. The van der Waals surface area contributed by atoms with Gasteiger partial charge in [-0.25, -0.2) is 9.37 Å². The summed E-state index contributed by atoms with van der Waals surface area (Å²) in [5.41, 5.74) is 2.10. The molecule has 2 rings (SSSR count). The number of nitrogens with zero attached hydrogens (tertiary/aromatic N) is 1. The molecular formula is C12H10ClFN2S. The molecule has 0 atom stereocenters. The van der Waals surface area contributed by atoms with Crippen LogP contribution in [0.3, 0.4) is 0 Å². The second-order valence-electron chi connectivity index (χ2n) is 3.75. The molecule has 0 bridgehead atoms. The second-order valence-corrected chi connectivity index (χ2v) is 4.55. The van der Waals surface area contributed by atoms with E-state index >= 15 is 0 Å². The summed E-state index contributed by atoms with van der Waals surface area (Å²) in [5, 5.41) is 0.478. The van der Waals surface area contributed by atoms with Gasteiger partial charge in [0.2, 0.25) is 0 Å². The molecule has 2 nitrogen and oxygen atoms in total. The van der Waals surface area contributed by atoms with Gasteiger partial charge in [-0.2, -0.15) is 0 Å². The van der Waals surface area contributed by atoms with Crippen molar-refractivity contribution in [3.8, 4) is 11.3 Å². The minimum atomic E-state index is -0.336. The number of aromatic amines is 1. The number of halogens is 2. The number of rotatable bonds is 1. The van der Waals surface area contributed by atoms with E-state index in [1.807, 2.05) is 6.92 Å². The predicted molar refractivity (Wildman–Crippen MR) is 69.3 cm³/mol. The molecule has 0 aliphatic carbocycles. The van der Waals surface area contributed by atoms with Crippen molar-refractivity contribution in [2.24, 2.45) is 0 Å². The van der Waals surface area contributed by atoms with Crippen LogP contribution in [0.15, 0.2) is 18.2 Å². The van der Waals surface area contributed by atoms with E-state index in [1.165, 1.54) is 18.2 Å². The van der Waals surface area contributed by atoms with E-state index in [2.05, 4.69) is 9.97 Å². The van der Waals surface area contributed by atoms with Crippen molar-refractivity contribution >= 4 is 23.8 Å². The van der Waals surface area contributed by atoms with E-state index < -0.39 is 0 Å². The molecule has 0 unspecified atom stereocenters. The lowest BCUT2D eigenvalue weighted by Gasteiger charge is -2.09. The fraction of sp³-hybridized carbons (Fsp3) is 0.167. The summed E-state index contributed by atoms with van der Waals surface area (Å²) in [6, 6.07) is 4.23. The summed E-state index contributed by atoms with van der Waals surface area (Å²) in [6.07, 6.45) is 0. The molecule has 0 amide bonds. The van der Waals surface area contributed by atoms with Gasteiger partial charge in [0, 0.05) is 11.1 Å². The third-order valence-corrected chi connectivity index (χ3v) is 3.20. The van der Waals surface area contributed by atoms with Gasteiger partial charge >= 0.3 is 0 Å². The highest BCUT2D eigenvalue weighted by molar-refractivity contribution is 7.71. The molecule has 1 heterocycles. The molecule has 0 spiro atoms. The third-order valence-electron chi connectivity index (χ3n) is 2.47. The predicted octanol–water partition coefficient (Wildman–Crippen LogP) is 4.22. The number of benzene rings is 1. The van der Waals surface area contributed by atoms with Gasteiger partial charge in [-0.3, -0.25) is 0 Å². The Labute approximate surface area is 108 Å². The first-order valence-electron chi connectivity index (χ1n) is 5.02. The van der Waals surface area contributed by atoms with Crippen molar-refractivity contribution < 1.29 is 4.39 Å². The molecule has 17 heavy (non-hydrogen) atoms. The van der Waals surface area contributed by atoms with E-state index in [0.717, 1.165) is 5.56 Å². The van der Waals surface area contributed by atoms with E-state index in [4.69, 9.17) is 23.8 Å². The normalized spacial score (nSPS) is 10.6. The highest BCUT2D eigenvalue weighted by Gasteiger charge is 2.10. The maximum absolute atomic E-state index is 13.3. The first kappa shape index (κ1) is 12.2. The number of aromatic nitrogens is 2. The van der Waals surface area contributed by atoms with Crippen LogP contribution in [-0.4, -0.2) is 9.97 Å². The van der Waals surface area contributed by atoms with Crippen molar-refractivity contribution in [1.82, 2.24) is 9.97 Å². The summed E-state index contributed by atoms with van der Waals surface area (Å²) in [6.45, 7) is 3.63. The van der Waals surface area contributed by atoms with E-state index in [-0.39, 0.29) is 5.82 Å². The Kier molecular flexibility index (Phi) is 3.26. The van der Waals surface area contributed by atoms with E-state index in [1.54, 1.807) is 6.92 Å². The van der Waals surface area contributed by atoms with Crippen molar-refractivity contribution in [1.29, 1.82) is 0 Å². The Morgan fingerprint density at radius 1 is 1.35 bits per heavy atom. The molecule has 1 N–H and O–H groups in total. The van der Waals surface area contributed by atoms with Gasteiger partial charge in [-0.15, -0.1) is 0 Å². The molecule has 88 valence electrons. The van der Waals surface area contributed by atoms with Crippen LogP contribution in [0.25, 0.3) is 11.3 Å². The maximum Gasteiger partial charge on any atom is 0.133 e. The fourth-order valence-corrected chi connectivity index (χ4v) is 2.06. The molecular weight excluding hydrogens is 259 g/mol. The van der Waals surface area contributed by atoms with Crippen molar-refractivity contribution in [3.63, 3.8) is 0 Å².